The van der Waals surface area contributed by atoms with Gasteiger partial charge in [-0.25, -0.2) is 0 Å². The van der Waals surface area contributed by atoms with E-state index >= 15 is 0 Å². The zero-order valence-corrected chi connectivity index (χ0v) is 11.1. The molecule has 16 heavy (non-hydrogen) atoms. The normalized spacial score (nSPS) is 22.6. The molecule has 0 saturated carbocycles. The summed E-state index contributed by atoms with van der Waals surface area (Å²) in [5, 5.41) is 0. The summed E-state index contributed by atoms with van der Waals surface area (Å²) in [4.78, 5) is 0. The van der Waals surface area contributed by atoms with Crippen molar-refractivity contribution in [3.8, 4) is 0 Å². The van der Waals surface area contributed by atoms with Crippen molar-refractivity contribution in [3.05, 3.63) is 24.4 Å². The Labute approximate surface area is 103 Å². The SMILES string of the molecule is C=C(N)/C=C\C(=S)B1OC(C)(C)C(C)(C)O1. The second-order valence-electron chi connectivity index (χ2n) is 4.90. The molecule has 1 aliphatic heterocycles. The Kier molecular flexibility index (Phi) is 3.62. The first kappa shape index (κ1) is 13.4. The molecule has 0 aromatic rings. The van der Waals surface area contributed by atoms with Gasteiger partial charge in [0.25, 0.3) is 0 Å². The van der Waals surface area contributed by atoms with Gasteiger partial charge in [-0.15, -0.1) is 0 Å². The lowest BCUT2D eigenvalue weighted by atomic mass is 9.84. The number of hydrogen-bond acceptors (Lipinski definition) is 4. The van der Waals surface area contributed by atoms with Crippen LogP contribution in [0, 0.1) is 0 Å². The van der Waals surface area contributed by atoms with Gasteiger partial charge in [0.1, 0.15) is 0 Å². The summed E-state index contributed by atoms with van der Waals surface area (Å²) >= 11 is 5.20. The van der Waals surface area contributed by atoms with Crippen LogP contribution in [0.15, 0.2) is 24.4 Å². The van der Waals surface area contributed by atoms with Gasteiger partial charge in [0.15, 0.2) is 0 Å². The van der Waals surface area contributed by atoms with Gasteiger partial charge in [-0.3, -0.25) is 0 Å². The number of thiocarbonyl (C=S) groups is 1. The summed E-state index contributed by atoms with van der Waals surface area (Å²) in [6.07, 6.45) is 3.34. The number of hydrogen-bond donors (Lipinski definition) is 1. The first-order valence-electron chi connectivity index (χ1n) is 5.18. The van der Waals surface area contributed by atoms with Gasteiger partial charge in [0.2, 0.25) is 0 Å². The Hall–Kier alpha value is -0.645. The average molecular weight is 239 g/mol. The molecule has 0 bridgehead atoms. The molecular formula is C11H18BNO2S. The molecule has 1 fully saturated rings. The zero-order chi connectivity index (χ0) is 12.6. The van der Waals surface area contributed by atoms with E-state index in [1.54, 1.807) is 12.2 Å². The molecule has 0 amide bonds. The fourth-order valence-electron chi connectivity index (χ4n) is 1.23. The van der Waals surface area contributed by atoms with Crippen LogP contribution in [0.5, 0.6) is 0 Å². The second-order valence-corrected chi connectivity index (χ2v) is 5.37. The van der Waals surface area contributed by atoms with Crippen molar-refractivity contribution in [2.24, 2.45) is 5.73 Å². The third-order valence-corrected chi connectivity index (χ3v) is 3.28. The number of rotatable bonds is 3. The maximum atomic E-state index is 5.77. The molecular weight excluding hydrogens is 221 g/mol. The molecule has 5 heteroatoms. The lowest BCUT2D eigenvalue weighted by Gasteiger charge is -2.32. The lowest BCUT2D eigenvalue weighted by molar-refractivity contribution is 0.00578. The summed E-state index contributed by atoms with van der Waals surface area (Å²) in [6, 6.07) is 0. The smallest absolute Gasteiger partial charge is 0.399 e. The Morgan fingerprint density at radius 3 is 2.00 bits per heavy atom. The molecule has 0 spiro atoms. The van der Waals surface area contributed by atoms with Crippen molar-refractivity contribution >= 4 is 24.1 Å². The van der Waals surface area contributed by atoms with Gasteiger partial charge in [0.05, 0.1) is 11.2 Å². The minimum absolute atomic E-state index is 0.366. The highest BCUT2D eigenvalue weighted by atomic mass is 32.1. The van der Waals surface area contributed by atoms with Crippen molar-refractivity contribution in [2.45, 2.75) is 38.9 Å². The quantitative estimate of drug-likeness (QED) is 0.354. The van der Waals surface area contributed by atoms with Crippen LogP contribution in [0.25, 0.3) is 0 Å². The predicted octanol–water partition coefficient (Wildman–Crippen LogP) is 2.02. The molecule has 1 aliphatic rings. The van der Waals surface area contributed by atoms with Gasteiger partial charge in [-0.05, 0) is 39.8 Å². The Morgan fingerprint density at radius 1 is 1.19 bits per heavy atom. The van der Waals surface area contributed by atoms with Crippen molar-refractivity contribution in [3.63, 3.8) is 0 Å². The van der Waals surface area contributed by atoms with Crippen LogP contribution in [-0.2, 0) is 9.31 Å². The highest BCUT2D eigenvalue weighted by Crippen LogP contribution is 2.37. The van der Waals surface area contributed by atoms with E-state index in [2.05, 4.69) is 6.58 Å². The van der Waals surface area contributed by atoms with Gasteiger partial charge in [-0.2, -0.15) is 0 Å². The van der Waals surface area contributed by atoms with Gasteiger partial charge in [-0.1, -0.05) is 18.8 Å². The third kappa shape index (κ3) is 2.72. The summed E-state index contributed by atoms with van der Waals surface area (Å²) in [5.74, 6) is 0. The predicted molar refractivity (Wildman–Crippen MR) is 71.1 cm³/mol. The Morgan fingerprint density at radius 2 is 1.62 bits per heavy atom. The van der Waals surface area contributed by atoms with E-state index in [-0.39, 0.29) is 11.2 Å². The van der Waals surface area contributed by atoms with E-state index in [9.17, 15) is 0 Å². The molecule has 1 rings (SSSR count). The van der Waals surface area contributed by atoms with Crippen LogP contribution >= 0.6 is 12.2 Å². The largest absolute Gasteiger partial charge is 0.506 e. The molecule has 0 aromatic heterocycles. The topological polar surface area (TPSA) is 44.5 Å². The highest BCUT2D eigenvalue weighted by molar-refractivity contribution is 7.84. The van der Waals surface area contributed by atoms with Crippen LogP contribution in [-0.4, -0.2) is 23.1 Å². The van der Waals surface area contributed by atoms with Gasteiger partial charge < -0.3 is 15.0 Å². The van der Waals surface area contributed by atoms with Crippen molar-refractivity contribution in [1.82, 2.24) is 0 Å². The molecule has 0 atom stereocenters. The first-order valence-corrected chi connectivity index (χ1v) is 5.58. The van der Waals surface area contributed by atoms with E-state index < -0.39 is 7.12 Å². The van der Waals surface area contributed by atoms with E-state index in [4.69, 9.17) is 27.3 Å². The minimum atomic E-state index is -0.490. The van der Waals surface area contributed by atoms with Crippen molar-refractivity contribution in [2.75, 3.05) is 0 Å². The molecule has 0 aliphatic carbocycles. The second kappa shape index (κ2) is 4.32. The molecule has 0 unspecified atom stereocenters. The summed E-state index contributed by atoms with van der Waals surface area (Å²) in [7, 11) is -0.490. The van der Waals surface area contributed by atoms with Gasteiger partial charge >= 0.3 is 7.12 Å². The summed E-state index contributed by atoms with van der Waals surface area (Å²) < 4.78 is 12.1. The summed E-state index contributed by atoms with van der Waals surface area (Å²) in [6.45, 7) is 11.5. The van der Waals surface area contributed by atoms with Crippen molar-refractivity contribution < 1.29 is 9.31 Å². The molecule has 2 N–H and O–H groups in total. The van der Waals surface area contributed by atoms with E-state index in [1.807, 2.05) is 27.7 Å². The molecule has 0 radical (unpaired) electrons. The maximum Gasteiger partial charge on any atom is 0.506 e. The first-order chi connectivity index (χ1) is 7.16. The molecule has 88 valence electrons. The van der Waals surface area contributed by atoms with Crippen LogP contribution in [0.2, 0.25) is 0 Å². The molecule has 3 nitrogen and oxygen atoms in total. The van der Waals surface area contributed by atoms with E-state index in [0.717, 1.165) is 0 Å². The minimum Gasteiger partial charge on any atom is -0.399 e. The van der Waals surface area contributed by atoms with Crippen LogP contribution in [0.1, 0.15) is 27.7 Å². The van der Waals surface area contributed by atoms with Crippen LogP contribution in [0.3, 0.4) is 0 Å². The fourth-order valence-corrected chi connectivity index (χ4v) is 1.39. The lowest BCUT2D eigenvalue weighted by Crippen LogP contribution is -2.41. The number of nitrogens with two attached hydrogens (primary N) is 1. The molecule has 1 saturated heterocycles. The average Bonchev–Trinajstić information content (AvgIpc) is 2.32. The monoisotopic (exact) mass is 239 g/mol. The Bertz CT molecular complexity index is 334. The molecule has 0 aromatic carbocycles. The summed E-state index contributed by atoms with van der Waals surface area (Å²) in [5.41, 5.74) is 5.15. The van der Waals surface area contributed by atoms with E-state index in [1.165, 1.54) is 0 Å². The maximum absolute atomic E-state index is 5.77. The van der Waals surface area contributed by atoms with Crippen LogP contribution in [0.4, 0.5) is 0 Å². The van der Waals surface area contributed by atoms with E-state index in [0.29, 0.717) is 10.5 Å². The fraction of sp³-hybridized carbons (Fsp3) is 0.545. The highest BCUT2D eigenvalue weighted by Gasteiger charge is 2.52. The number of allylic oxidation sites excluding steroid dienone is 2. The van der Waals surface area contributed by atoms with Gasteiger partial charge in [0, 0.05) is 10.5 Å². The molecule has 1 heterocycles. The van der Waals surface area contributed by atoms with Crippen molar-refractivity contribution in [1.29, 1.82) is 0 Å². The third-order valence-electron chi connectivity index (χ3n) is 2.95. The van der Waals surface area contributed by atoms with Crippen LogP contribution < -0.4 is 5.73 Å². The zero-order valence-electron chi connectivity index (χ0n) is 10.2. The Balaban J connectivity index is 2.73. The standard InChI is InChI=1S/C11H18BNO2S/c1-8(13)6-7-9(16)12-14-10(2,3)11(4,5)15-12/h6-7H,1,13H2,2-5H3/b7-6-.